The van der Waals surface area contributed by atoms with Gasteiger partial charge in [0.15, 0.2) is 0 Å². The number of ether oxygens (including phenoxy) is 1. The van der Waals surface area contributed by atoms with E-state index in [1.54, 1.807) is 19.1 Å². The Labute approximate surface area is 96.2 Å². The number of nitrogens with zero attached hydrogens (tertiary/aromatic N) is 2. The van der Waals surface area contributed by atoms with Gasteiger partial charge in [-0.25, -0.2) is 9.18 Å². The van der Waals surface area contributed by atoms with Crippen molar-refractivity contribution in [3.05, 3.63) is 36.0 Å². The highest BCUT2D eigenvalue weighted by molar-refractivity contribution is 5.84. The van der Waals surface area contributed by atoms with Crippen LogP contribution >= 0.6 is 0 Å². The van der Waals surface area contributed by atoms with E-state index in [0.717, 1.165) is 0 Å². The predicted octanol–water partition coefficient (Wildman–Crippen LogP) is 2.05. The number of esters is 1. The van der Waals surface area contributed by atoms with E-state index >= 15 is 0 Å². The third kappa shape index (κ3) is 2.30. The van der Waals surface area contributed by atoms with Gasteiger partial charge in [-0.1, -0.05) is 17.3 Å². The number of aromatic nitrogens is 2. The fourth-order valence-corrected chi connectivity index (χ4v) is 1.25. The van der Waals surface area contributed by atoms with E-state index in [-0.39, 0.29) is 23.9 Å². The molecule has 2 rings (SSSR count). The van der Waals surface area contributed by atoms with Gasteiger partial charge in [-0.05, 0) is 19.1 Å². The topological polar surface area (TPSA) is 65.2 Å². The molecule has 0 N–H and O–H groups in total. The Kier molecular flexibility index (Phi) is 3.13. The molecule has 1 aromatic heterocycles. The zero-order valence-corrected chi connectivity index (χ0v) is 9.01. The summed E-state index contributed by atoms with van der Waals surface area (Å²) in [7, 11) is 0. The van der Waals surface area contributed by atoms with Crippen LogP contribution in [-0.4, -0.2) is 22.7 Å². The van der Waals surface area contributed by atoms with Crippen LogP contribution in [0.5, 0.6) is 0 Å². The normalized spacial score (nSPS) is 10.2. The third-order valence-corrected chi connectivity index (χ3v) is 1.99. The molecule has 1 heterocycles. The first-order chi connectivity index (χ1) is 8.22. The van der Waals surface area contributed by atoms with E-state index in [4.69, 9.17) is 0 Å². The molecule has 0 bridgehead atoms. The first kappa shape index (κ1) is 11.3. The number of carbonyl (C=O) groups is 1. The zero-order chi connectivity index (χ0) is 12.3. The molecule has 0 aliphatic rings. The summed E-state index contributed by atoms with van der Waals surface area (Å²) in [5, 5.41) is 3.52. The number of benzene rings is 1. The number of carbonyl (C=O) groups excluding carboxylic acids is 1. The standard InChI is InChI=1S/C11H9FN2O3/c1-2-16-11(15)10-13-9(14-17-10)7-5-3-4-6-8(7)12/h3-6H,2H2,1H3. The second kappa shape index (κ2) is 4.73. The molecule has 0 saturated heterocycles. The van der Waals surface area contributed by atoms with Crippen LogP contribution in [0.4, 0.5) is 4.39 Å². The second-order valence-electron chi connectivity index (χ2n) is 3.12. The van der Waals surface area contributed by atoms with Crippen LogP contribution in [0, 0.1) is 5.82 Å². The van der Waals surface area contributed by atoms with Gasteiger partial charge in [0.1, 0.15) is 5.82 Å². The van der Waals surface area contributed by atoms with Crippen molar-refractivity contribution in [1.29, 1.82) is 0 Å². The zero-order valence-electron chi connectivity index (χ0n) is 9.01. The van der Waals surface area contributed by atoms with Crippen molar-refractivity contribution in [2.75, 3.05) is 6.61 Å². The lowest BCUT2D eigenvalue weighted by Crippen LogP contribution is -2.04. The molecule has 0 atom stereocenters. The fraction of sp³-hybridized carbons (Fsp3) is 0.182. The van der Waals surface area contributed by atoms with Crippen molar-refractivity contribution in [3.8, 4) is 11.4 Å². The van der Waals surface area contributed by atoms with E-state index in [9.17, 15) is 9.18 Å². The molecule has 0 spiro atoms. The van der Waals surface area contributed by atoms with Crippen molar-refractivity contribution in [1.82, 2.24) is 10.1 Å². The average Bonchev–Trinajstić information content (AvgIpc) is 2.79. The number of rotatable bonds is 3. The molecule has 5 nitrogen and oxygen atoms in total. The molecule has 0 aliphatic carbocycles. The van der Waals surface area contributed by atoms with Crippen LogP contribution in [0.3, 0.4) is 0 Å². The monoisotopic (exact) mass is 236 g/mol. The minimum Gasteiger partial charge on any atom is -0.459 e. The SMILES string of the molecule is CCOC(=O)c1nc(-c2ccccc2F)no1. The van der Waals surface area contributed by atoms with Gasteiger partial charge >= 0.3 is 11.9 Å². The van der Waals surface area contributed by atoms with E-state index in [1.807, 2.05) is 0 Å². The van der Waals surface area contributed by atoms with E-state index in [0.29, 0.717) is 0 Å². The molecule has 0 radical (unpaired) electrons. The molecule has 0 unspecified atom stereocenters. The maximum absolute atomic E-state index is 13.4. The van der Waals surface area contributed by atoms with Gasteiger partial charge in [-0.15, -0.1) is 0 Å². The van der Waals surface area contributed by atoms with Gasteiger partial charge in [0, 0.05) is 0 Å². The second-order valence-corrected chi connectivity index (χ2v) is 3.12. The number of hydrogen-bond acceptors (Lipinski definition) is 5. The third-order valence-electron chi connectivity index (χ3n) is 1.99. The summed E-state index contributed by atoms with van der Waals surface area (Å²) < 4.78 is 22.8. The minimum absolute atomic E-state index is 0.0196. The summed E-state index contributed by atoms with van der Waals surface area (Å²) in [6, 6.07) is 5.95. The van der Waals surface area contributed by atoms with Gasteiger partial charge in [-0.3, -0.25) is 0 Å². The quantitative estimate of drug-likeness (QED) is 0.763. The summed E-state index contributed by atoms with van der Waals surface area (Å²) in [6.45, 7) is 1.86. The highest BCUT2D eigenvalue weighted by atomic mass is 19.1. The van der Waals surface area contributed by atoms with Crippen LogP contribution < -0.4 is 0 Å². The molecule has 0 fully saturated rings. The maximum Gasteiger partial charge on any atom is 0.397 e. The molecule has 0 aliphatic heterocycles. The Morgan fingerprint density at radius 3 is 2.94 bits per heavy atom. The van der Waals surface area contributed by atoms with Gasteiger partial charge in [-0.2, -0.15) is 4.98 Å². The highest BCUT2D eigenvalue weighted by Gasteiger charge is 2.18. The van der Waals surface area contributed by atoms with Crippen molar-refractivity contribution < 1.29 is 18.4 Å². The van der Waals surface area contributed by atoms with Crippen LogP contribution in [0.15, 0.2) is 28.8 Å². The lowest BCUT2D eigenvalue weighted by molar-refractivity contribution is 0.0470. The molecular weight excluding hydrogens is 227 g/mol. The van der Waals surface area contributed by atoms with Crippen molar-refractivity contribution >= 4 is 5.97 Å². The Morgan fingerprint density at radius 1 is 1.47 bits per heavy atom. The molecule has 0 amide bonds. The molecule has 6 heteroatoms. The molecule has 17 heavy (non-hydrogen) atoms. The fourth-order valence-electron chi connectivity index (χ4n) is 1.25. The number of halogens is 1. The maximum atomic E-state index is 13.4. The van der Waals surface area contributed by atoms with E-state index < -0.39 is 11.8 Å². The van der Waals surface area contributed by atoms with E-state index in [2.05, 4.69) is 19.4 Å². The Morgan fingerprint density at radius 2 is 2.24 bits per heavy atom. The summed E-state index contributed by atoms with van der Waals surface area (Å²) >= 11 is 0. The highest BCUT2D eigenvalue weighted by Crippen LogP contribution is 2.19. The van der Waals surface area contributed by atoms with Crippen LogP contribution in [0.2, 0.25) is 0 Å². The summed E-state index contributed by atoms with van der Waals surface area (Å²) in [6.07, 6.45) is 0. The molecule has 1 aromatic carbocycles. The summed E-state index contributed by atoms with van der Waals surface area (Å²) in [4.78, 5) is 15.0. The average molecular weight is 236 g/mol. The molecule has 0 saturated carbocycles. The first-order valence-corrected chi connectivity index (χ1v) is 4.98. The van der Waals surface area contributed by atoms with Crippen molar-refractivity contribution in [3.63, 3.8) is 0 Å². The molecular formula is C11H9FN2O3. The minimum atomic E-state index is -0.720. The van der Waals surface area contributed by atoms with Crippen LogP contribution in [0.1, 0.15) is 17.6 Å². The molecule has 88 valence electrons. The number of hydrogen-bond donors (Lipinski definition) is 0. The largest absolute Gasteiger partial charge is 0.459 e. The van der Waals surface area contributed by atoms with E-state index in [1.165, 1.54) is 12.1 Å². The van der Waals surface area contributed by atoms with Gasteiger partial charge in [0.05, 0.1) is 12.2 Å². The van der Waals surface area contributed by atoms with Gasteiger partial charge < -0.3 is 9.26 Å². The van der Waals surface area contributed by atoms with Crippen LogP contribution in [0.25, 0.3) is 11.4 Å². The van der Waals surface area contributed by atoms with Crippen molar-refractivity contribution in [2.45, 2.75) is 6.92 Å². The summed E-state index contributed by atoms with van der Waals surface area (Å²) in [5.74, 6) is -1.47. The summed E-state index contributed by atoms with van der Waals surface area (Å²) in [5.41, 5.74) is 0.173. The predicted molar refractivity (Wildman–Crippen MR) is 55.6 cm³/mol. The first-order valence-electron chi connectivity index (χ1n) is 4.98. The Balaban J connectivity index is 2.30. The van der Waals surface area contributed by atoms with Crippen molar-refractivity contribution in [2.24, 2.45) is 0 Å². The van der Waals surface area contributed by atoms with Gasteiger partial charge in [0.2, 0.25) is 5.82 Å². The smallest absolute Gasteiger partial charge is 0.397 e. The Bertz CT molecular complexity index is 539. The lowest BCUT2D eigenvalue weighted by Gasteiger charge is -1.95. The van der Waals surface area contributed by atoms with Gasteiger partial charge in [0.25, 0.3) is 0 Å². The molecule has 2 aromatic rings. The van der Waals surface area contributed by atoms with Crippen LogP contribution in [-0.2, 0) is 4.74 Å². The lowest BCUT2D eigenvalue weighted by atomic mass is 10.2. The Hall–Kier alpha value is -2.24.